The molecule has 3 N–H and O–H groups in total. The highest BCUT2D eigenvalue weighted by Crippen LogP contribution is 2.24. The molecular formula is C5H14NO3P. The van der Waals surface area contributed by atoms with Crippen molar-refractivity contribution in [2.24, 2.45) is 0 Å². The number of rotatable bonds is 6. The predicted molar refractivity (Wildman–Crippen MR) is 40.5 cm³/mol. The van der Waals surface area contributed by atoms with Gasteiger partial charge in [0, 0.05) is 0 Å². The van der Waals surface area contributed by atoms with Gasteiger partial charge in [0.05, 0.1) is 6.61 Å². The molecule has 0 aliphatic carbocycles. The highest BCUT2D eigenvalue weighted by atomic mass is 31.2. The Morgan fingerprint density at radius 2 is 2.10 bits per heavy atom. The Balaban J connectivity index is 2.77. The predicted octanol–water partition coefficient (Wildman–Crippen LogP) is 0.214. The van der Waals surface area contributed by atoms with Crippen LogP contribution in [0.4, 0.5) is 0 Å². The molecular weight excluding hydrogens is 153 g/mol. The lowest BCUT2D eigenvalue weighted by atomic mass is 10.3. The topological polar surface area (TPSA) is 61.7 Å². The van der Waals surface area contributed by atoms with Crippen molar-refractivity contribution in [3.63, 3.8) is 0 Å². The fourth-order valence-corrected chi connectivity index (χ4v) is 0.842. The minimum absolute atomic E-state index is 0.431. The van der Waals surface area contributed by atoms with Crippen molar-refractivity contribution in [3.05, 3.63) is 0 Å². The first kappa shape index (κ1) is 10.3. The van der Waals surface area contributed by atoms with E-state index in [0.29, 0.717) is 6.61 Å². The Labute approximate surface area is 62.2 Å². The van der Waals surface area contributed by atoms with Crippen LogP contribution in [0.3, 0.4) is 0 Å². The summed E-state index contributed by atoms with van der Waals surface area (Å²) in [5, 5.41) is 2.98. The van der Waals surface area contributed by atoms with Crippen molar-refractivity contribution < 1.29 is 14.3 Å². The van der Waals surface area contributed by atoms with Crippen LogP contribution in [0, 0.1) is 0 Å². The van der Waals surface area contributed by atoms with Gasteiger partial charge in [0.1, 0.15) is 0 Å². The number of hydrogen-bond donors (Lipinski definition) is 3. The van der Waals surface area contributed by atoms with Crippen molar-refractivity contribution in [1.82, 2.24) is 5.32 Å². The third kappa shape index (κ3) is 8.27. The van der Waals surface area contributed by atoms with Gasteiger partial charge in [-0.15, -0.1) is 0 Å². The summed E-state index contributed by atoms with van der Waals surface area (Å²) >= 11 is 0. The SMILES string of the molecule is CNCCCCOP(O)O. The lowest BCUT2D eigenvalue weighted by Crippen LogP contribution is -2.07. The average Bonchev–Trinajstić information content (AvgIpc) is 1.87. The molecule has 10 heavy (non-hydrogen) atoms. The van der Waals surface area contributed by atoms with Crippen LogP contribution in [0.5, 0.6) is 0 Å². The maximum absolute atomic E-state index is 8.29. The van der Waals surface area contributed by atoms with Gasteiger partial charge in [0.2, 0.25) is 0 Å². The largest absolute Gasteiger partial charge is 0.328 e. The molecule has 0 rings (SSSR count). The molecule has 0 spiro atoms. The second kappa shape index (κ2) is 7.38. The van der Waals surface area contributed by atoms with Crippen molar-refractivity contribution in [2.45, 2.75) is 12.8 Å². The van der Waals surface area contributed by atoms with E-state index in [1.165, 1.54) is 0 Å². The molecule has 0 aromatic carbocycles. The summed E-state index contributed by atoms with van der Waals surface area (Å²) in [6, 6.07) is 0. The lowest BCUT2D eigenvalue weighted by molar-refractivity contribution is 0.249. The third-order valence-electron chi connectivity index (χ3n) is 1.03. The zero-order valence-electron chi connectivity index (χ0n) is 6.08. The van der Waals surface area contributed by atoms with Crippen LogP contribution in [0.2, 0.25) is 0 Å². The quantitative estimate of drug-likeness (QED) is 0.391. The van der Waals surface area contributed by atoms with E-state index in [1.54, 1.807) is 0 Å². The summed E-state index contributed by atoms with van der Waals surface area (Å²) in [6.07, 6.45) is 1.86. The van der Waals surface area contributed by atoms with E-state index in [4.69, 9.17) is 9.79 Å². The zero-order chi connectivity index (χ0) is 7.82. The Morgan fingerprint density at radius 1 is 1.40 bits per heavy atom. The van der Waals surface area contributed by atoms with Gasteiger partial charge in [-0.05, 0) is 26.4 Å². The molecule has 0 atom stereocenters. The number of hydrogen-bond acceptors (Lipinski definition) is 4. The van der Waals surface area contributed by atoms with Gasteiger partial charge in [-0.3, -0.25) is 0 Å². The van der Waals surface area contributed by atoms with E-state index in [9.17, 15) is 0 Å². The molecule has 0 bridgehead atoms. The summed E-state index contributed by atoms with van der Waals surface area (Å²) in [5.41, 5.74) is 0. The van der Waals surface area contributed by atoms with Gasteiger partial charge in [0.15, 0.2) is 0 Å². The van der Waals surface area contributed by atoms with Crippen molar-refractivity contribution in [2.75, 3.05) is 20.2 Å². The van der Waals surface area contributed by atoms with Crippen molar-refractivity contribution >= 4 is 8.60 Å². The maximum atomic E-state index is 8.29. The Bertz CT molecular complexity index is 71.9. The second-order valence-electron chi connectivity index (χ2n) is 1.90. The summed E-state index contributed by atoms with van der Waals surface area (Å²) in [5.74, 6) is 0. The first-order valence-electron chi connectivity index (χ1n) is 3.22. The number of nitrogens with one attached hydrogen (secondary N) is 1. The highest BCUT2D eigenvalue weighted by molar-refractivity contribution is 7.39. The third-order valence-corrected chi connectivity index (χ3v) is 1.44. The fourth-order valence-electron chi connectivity index (χ4n) is 0.550. The molecule has 0 radical (unpaired) electrons. The van der Waals surface area contributed by atoms with Gasteiger partial charge >= 0.3 is 8.60 Å². The zero-order valence-corrected chi connectivity index (χ0v) is 6.97. The molecule has 0 saturated heterocycles. The first-order valence-corrected chi connectivity index (χ1v) is 4.39. The van der Waals surface area contributed by atoms with Gasteiger partial charge in [-0.2, -0.15) is 0 Å². The van der Waals surface area contributed by atoms with Crippen LogP contribution in [0.15, 0.2) is 0 Å². The first-order chi connectivity index (χ1) is 4.77. The minimum Gasteiger partial charge on any atom is -0.328 e. The van der Waals surface area contributed by atoms with Gasteiger partial charge in [0.25, 0.3) is 0 Å². The molecule has 0 unspecified atom stereocenters. The molecule has 62 valence electrons. The Morgan fingerprint density at radius 3 is 2.60 bits per heavy atom. The van der Waals surface area contributed by atoms with Crippen LogP contribution in [-0.2, 0) is 4.52 Å². The molecule has 4 nitrogen and oxygen atoms in total. The maximum Gasteiger partial charge on any atom is 0.327 e. The molecule has 5 heteroatoms. The molecule has 0 aromatic rings. The van der Waals surface area contributed by atoms with E-state index in [0.717, 1.165) is 19.4 Å². The van der Waals surface area contributed by atoms with Crippen LogP contribution in [-0.4, -0.2) is 30.0 Å². The highest BCUT2D eigenvalue weighted by Gasteiger charge is 1.96. The lowest BCUT2D eigenvalue weighted by Gasteiger charge is -2.02. The molecule has 0 aliphatic heterocycles. The fraction of sp³-hybridized carbons (Fsp3) is 1.00. The van der Waals surface area contributed by atoms with Crippen LogP contribution >= 0.6 is 8.60 Å². The van der Waals surface area contributed by atoms with Gasteiger partial charge in [-0.1, -0.05) is 0 Å². The van der Waals surface area contributed by atoms with E-state index >= 15 is 0 Å². The molecule has 0 amide bonds. The summed E-state index contributed by atoms with van der Waals surface area (Å²) in [7, 11) is -0.261. The van der Waals surface area contributed by atoms with Crippen LogP contribution < -0.4 is 5.32 Å². The summed E-state index contributed by atoms with van der Waals surface area (Å²) < 4.78 is 4.54. The smallest absolute Gasteiger partial charge is 0.327 e. The van der Waals surface area contributed by atoms with Crippen LogP contribution in [0.1, 0.15) is 12.8 Å². The molecule has 0 heterocycles. The van der Waals surface area contributed by atoms with E-state index in [2.05, 4.69) is 9.84 Å². The standard InChI is InChI=1S/C5H14NO3P/c1-6-4-2-3-5-9-10(7)8/h6-8H,2-5H2,1H3. The van der Waals surface area contributed by atoms with Gasteiger partial charge < -0.3 is 19.6 Å². The van der Waals surface area contributed by atoms with E-state index in [-0.39, 0.29) is 0 Å². The normalized spacial score (nSPS) is 10.8. The second-order valence-corrected chi connectivity index (χ2v) is 2.66. The minimum atomic E-state index is -2.14. The molecule has 0 aromatic heterocycles. The Kier molecular flexibility index (Phi) is 7.58. The Hall–Kier alpha value is 0.270. The molecule has 0 aliphatic rings. The van der Waals surface area contributed by atoms with E-state index in [1.807, 2.05) is 7.05 Å². The molecule has 0 fully saturated rings. The van der Waals surface area contributed by atoms with Crippen molar-refractivity contribution in [3.8, 4) is 0 Å². The number of unbranched alkanes of at least 4 members (excludes halogenated alkanes) is 1. The molecule has 0 saturated carbocycles. The van der Waals surface area contributed by atoms with Crippen LogP contribution in [0.25, 0.3) is 0 Å². The average molecular weight is 167 g/mol. The summed E-state index contributed by atoms with van der Waals surface area (Å²) in [4.78, 5) is 16.6. The summed E-state index contributed by atoms with van der Waals surface area (Å²) in [6.45, 7) is 1.37. The monoisotopic (exact) mass is 167 g/mol. The van der Waals surface area contributed by atoms with Gasteiger partial charge in [-0.25, -0.2) is 0 Å². The van der Waals surface area contributed by atoms with E-state index < -0.39 is 8.60 Å². The van der Waals surface area contributed by atoms with Crippen molar-refractivity contribution in [1.29, 1.82) is 0 Å².